The summed E-state index contributed by atoms with van der Waals surface area (Å²) in [6, 6.07) is 0. The first-order chi connectivity index (χ1) is 3.89. The van der Waals surface area contributed by atoms with E-state index in [9.17, 15) is 0 Å². The zero-order valence-electron chi connectivity index (χ0n) is 5.52. The second-order valence-corrected chi connectivity index (χ2v) is 4.08. The van der Waals surface area contributed by atoms with Gasteiger partial charge in [0.05, 0.1) is 0 Å². The van der Waals surface area contributed by atoms with Gasteiger partial charge in [0.1, 0.15) is 0 Å². The summed E-state index contributed by atoms with van der Waals surface area (Å²) in [7, 11) is 0. The van der Waals surface area contributed by atoms with E-state index < -0.39 is 0 Å². The van der Waals surface area contributed by atoms with Gasteiger partial charge in [0.15, 0.2) is 0 Å². The average molecular weight is 130 g/mol. The molecule has 1 atom stereocenters. The largest absolute Gasteiger partial charge is 0.159 e. The fraction of sp³-hybridized carbons (Fsp3) is 1.00. The molecule has 0 unspecified atom stereocenters. The Hall–Kier alpha value is 0.350. The van der Waals surface area contributed by atoms with Crippen LogP contribution >= 0.6 is 11.8 Å². The van der Waals surface area contributed by atoms with E-state index >= 15 is 0 Å². The molecular weight excluding hydrogens is 116 g/mol. The lowest BCUT2D eigenvalue weighted by molar-refractivity contribution is 0.686. The van der Waals surface area contributed by atoms with Gasteiger partial charge >= 0.3 is 0 Å². The smallest absolute Gasteiger partial charge is 0.00187 e. The Labute approximate surface area is 56.0 Å². The van der Waals surface area contributed by atoms with Crippen molar-refractivity contribution in [2.24, 2.45) is 0 Å². The van der Waals surface area contributed by atoms with Gasteiger partial charge < -0.3 is 0 Å². The molecule has 1 saturated heterocycles. The molecule has 0 radical (unpaired) electrons. The van der Waals surface area contributed by atoms with Crippen LogP contribution in [0.15, 0.2) is 0 Å². The van der Waals surface area contributed by atoms with Crippen molar-refractivity contribution in [3.8, 4) is 0 Å². The molecule has 0 aromatic carbocycles. The van der Waals surface area contributed by atoms with Gasteiger partial charge in [-0.15, -0.1) is 0 Å². The highest BCUT2D eigenvalue weighted by molar-refractivity contribution is 7.99. The fourth-order valence-electron chi connectivity index (χ4n) is 1.08. The molecule has 0 amide bonds. The van der Waals surface area contributed by atoms with Crippen molar-refractivity contribution in [1.29, 1.82) is 0 Å². The van der Waals surface area contributed by atoms with Crippen molar-refractivity contribution in [1.82, 2.24) is 0 Å². The predicted octanol–water partition coefficient (Wildman–Crippen LogP) is 2.68. The van der Waals surface area contributed by atoms with Crippen LogP contribution in [0.3, 0.4) is 0 Å². The SMILES string of the molecule is C[C@H]1CCCCCS1. The normalized spacial score (nSPS) is 31.9. The second kappa shape index (κ2) is 3.39. The Morgan fingerprint density at radius 2 is 2.12 bits per heavy atom. The Kier molecular flexibility index (Phi) is 2.74. The van der Waals surface area contributed by atoms with Crippen LogP contribution in [0.1, 0.15) is 32.6 Å². The molecular formula is C7H14S. The van der Waals surface area contributed by atoms with Crippen LogP contribution in [-0.4, -0.2) is 11.0 Å². The minimum Gasteiger partial charge on any atom is -0.159 e. The van der Waals surface area contributed by atoms with E-state index in [0.717, 1.165) is 5.25 Å². The van der Waals surface area contributed by atoms with Crippen molar-refractivity contribution < 1.29 is 0 Å². The molecule has 1 heteroatoms. The summed E-state index contributed by atoms with van der Waals surface area (Å²) in [6.45, 7) is 2.34. The van der Waals surface area contributed by atoms with E-state index in [1.54, 1.807) is 0 Å². The van der Waals surface area contributed by atoms with Crippen molar-refractivity contribution in [2.75, 3.05) is 5.75 Å². The van der Waals surface area contributed by atoms with E-state index in [0.29, 0.717) is 0 Å². The molecule has 48 valence electrons. The van der Waals surface area contributed by atoms with Gasteiger partial charge in [-0.3, -0.25) is 0 Å². The van der Waals surface area contributed by atoms with Crippen LogP contribution in [0.2, 0.25) is 0 Å². The third kappa shape index (κ3) is 2.08. The summed E-state index contributed by atoms with van der Waals surface area (Å²) < 4.78 is 0. The van der Waals surface area contributed by atoms with E-state index in [4.69, 9.17) is 0 Å². The molecule has 1 aliphatic heterocycles. The molecule has 0 nitrogen and oxygen atoms in total. The van der Waals surface area contributed by atoms with E-state index in [1.165, 1.54) is 31.4 Å². The lowest BCUT2D eigenvalue weighted by Gasteiger charge is -2.02. The van der Waals surface area contributed by atoms with Gasteiger partial charge in [-0.05, 0) is 18.6 Å². The van der Waals surface area contributed by atoms with Gasteiger partial charge in [0.2, 0.25) is 0 Å². The molecule has 1 rings (SSSR count). The zero-order valence-corrected chi connectivity index (χ0v) is 6.34. The van der Waals surface area contributed by atoms with E-state index in [1.807, 2.05) is 0 Å². The highest BCUT2D eigenvalue weighted by Gasteiger charge is 2.05. The van der Waals surface area contributed by atoms with E-state index in [-0.39, 0.29) is 0 Å². The number of hydrogen-bond acceptors (Lipinski definition) is 1. The molecule has 0 aromatic rings. The Morgan fingerprint density at radius 1 is 1.25 bits per heavy atom. The maximum absolute atomic E-state index is 2.34. The first kappa shape index (κ1) is 6.47. The lowest BCUT2D eigenvalue weighted by atomic mass is 10.2. The summed E-state index contributed by atoms with van der Waals surface area (Å²) >= 11 is 2.14. The summed E-state index contributed by atoms with van der Waals surface area (Å²) in [5.74, 6) is 1.40. The maximum Gasteiger partial charge on any atom is 0.00187 e. The monoisotopic (exact) mass is 130 g/mol. The second-order valence-electron chi connectivity index (χ2n) is 2.53. The Bertz CT molecular complexity index is 53.4. The molecule has 1 fully saturated rings. The van der Waals surface area contributed by atoms with Crippen molar-refractivity contribution in [2.45, 2.75) is 37.9 Å². The molecule has 0 spiro atoms. The van der Waals surface area contributed by atoms with Crippen molar-refractivity contribution in [3.63, 3.8) is 0 Å². The standard InChI is InChI=1S/C7H14S/c1-7-5-3-2-4-6-8-7/h7H,2-6H2,1H3/t7-/m0/s1. The predicted molar refractivity (Wildman–Crippen MR) is 40.4 cm³/mol. The van der Waals surface area contributed by atoms with Crippen LogP contribution in [-0.2, 0) is 0 Å². The van der Waals surface area contributed by atoms with Crippen LogP contribution in [0.25, 0.3) is 0 Å². The first-order valence-electron chi connectivity index (χ1n) is 3.51. The third-order valence-corrected chi connectivity index (χ3v) is 2.99. The maximum atomic E-state index is 2.34. The van der Waals surface area contributed by atoms with Gasteiger partial charge in [-0.25, -0.2) is 0 Å². The van der Waals surface area contributed by atoms with Crippen molar-refractivity contribution in [3.05, 3.63) is 0 Å². The minimum atomic E-state index is 0.942. The Balaban J connectivity index is 2.17. The highest BCUT2D eigenvalue weighted by Crippen LogP contribution is 2.22. The van der Waals surface area contributed by atoms with Gasteiger partial charge in [0, 0.05) is 5.25 Å². The van der Waals surface area contributed by atoms with Crippen LogP contribution in [0, 0.1) is 0 Å². The molecule has 0 bridgehead atoms. The number of hydrogen-bond donors (Lipinski definition) is 0. The summed E-state index contributed by atoms with van der Waals surface area (Å²) in [4.78, 5) is 0. The van der Waals surface area contributed by atoms with Gasteiger partial charge in [0.25, 0.3) is 0 Å². The quantitative estimate of drug-likeness (QED) is 0.486. The molecule has 0 aromatic heterocycles. The molecule has 0 N–H and O–H groups in total. The molecule has 1 aliphatic rings. The number of rotatable bonds is 0. The summed E-state index contributed by atoms with van der Waals surface area (Å²) in [6.07, 6.45) is 5.84. The highest BCUT2D eigenvalue weighted by atomic mass is 32.2. The average Bonchev–Trinajstić information content (AvgIpc) is 1.94. The molecule has 8 heavy (non-hydrogen) atoms. The van der Waals surface area contributed by atoms with Crippen LogP contribution < -0.4 is 0 Å². The topological polar surface area (TPSA) is 0 Å². The third-order valence-electron chi connectivity index (χ3n) is 1.66. The lowest BCUT2D eigenvalue weighted by Crippen LogP contribution is -1.91. The van der Waals surface area contributed by atoms with Crippen LogP contribution in [0.4, 0.5) is 0 Å². The number of thioether (sulfide) groups is 1. The van der Waals surface area contributed by atoms with Gasteiger partial charge in [-0.1, -0.05) is 19.8 Å². The minimum absolute atomic E-state index is 0.942. The molecule has 0 saturated carbocycles. The summed E-state index contributed by atoms with van der Waals surface area (Å²) in [5, 5.41) is 0.942. The molecule has 0 aliphatic carbocycles. The van der Waals surface area contributed by atoms with Gasteiger partial charge in [-0.2, -0.15) is 11.8 Å². The zero-order chi connectivity index (χ0) is 5.82. The first-order valence-corrected chi connectivity index (χ1v) is 4.56. The summed E-state index contributed by atoms with van der Waals surface area (Å²) in [5.41, 5.74) is 0. The van der Waals surface area contributed by atoms with Crippen LogP contribution in [0.5, 0.6) is 0 Å². The molecule has 1 heterocycles. The van der Waals surface area contributed by atoms with E-state index in [2.05, 4.69) is 18.7 Å². The Morgan fingerprint density at radius 3 is 3.00 bits per heavy atom. The van der Waals surface area contributed by atoms with Crippen molar-refractivity contribution >= 4 is 11.8 Å². The fourth-order valence-corrected chi connectivity index (χ4v) is 2.18.